The molecule has 3 aromatic rings. The highest BCUT2D eigenvalue weighted by Gasteiger charge is 2.16. The Morgan fingerprint density at radius 1 is 0.903 bits per heavy atom. The molecule has 0 fully saturated rings. The van der Waals surface area contributed by atoms with Gasteiger partial charge in [-0.15, -0.1) is 0 Å². The molecule has 0 saturated carbocycles. The van der Waals surface area contributed by atoms with Crippen LogP contribution in [0.15, 0.2) is 78.9 Å². The van der Waals surface area contributed by atoms with Gasteiger partial charge in [0.05, 0.1) is 0 Å². The van der Waals surface area contributed by atoms with Crippen LogP contribution in [0.3, 0.4) is 0 Å². The molecule has 160 valence electrons. The molecule has 2 N–H and O–H groups in total. The first-order chi connectivity index (χ1) is 15.0. The van der Waals surface area contributed by atoms with Gasteiger partial charge >= 0.3 is 6.03 Å². The van der Waals surface area contributed by atoms with Gasteiger partial charge in [-0.3, -0.25) is 9.69 Å². The molecule has 6 nitrogen and oxygen atoms in total. The summed E-state index contributed by atoms with van der Waals surface area (Å²) in [6.07, 6.45) is 0.404. The fraction of sp³-hybridized carbons (Fsp3) is 0.200. The Kier molecular flexibility index (Phi) is 7.65. The van der Waals surface area contributed by atoms with E-state index in [2.05, 4.69) is 10.6 Å². The summed E-state index contributed by atoms with van der Waals surface area (Å²) in [7, 11) is 0. The van der Waals surface area contributed by atoms with Crippen LogP contribution in [-0.2, 0) is 4.79 Å². The smallest absolute Gasteiger partial charge is 0.326 e. The van der Waals surface area contributed by atoms with Crippen molar-refractivity contribution < 1.29 is 14.3 Å². The summed E-state index contributed by atoms with van der Waals surface area (Å²) in [6.45, 7) is 4.46. The van der Waals surface area contributed by atoms with Crippen molar-refractivity contribution in [3.8, 4) is 11.5 Å². The highest BCUT2D eigenvalue weighted by atomic mass is 16.5. The summed E-state index contributed by atoms with van der Waals surface area (Å²) in [5.41, 5.74) is 2.48. The molecule has 31 heavy (non-hydrogen) atoms. The minimum absolute atomic E-state index is 0.0503. The van der Waals surface area contributed by atoms with E-state index >= 15 is 0 Å². The lowest BCUT2D eigenvalue weighted by Crippen LogP contribution is -2.41. The van der Waals surface area contributed by atoms with Gasteiger partial charge < -0.3 is 15.4 Å². The highest BCUT2D eigenvalue weighted by Crippen LogP contribution is 2.25. The van der Waals surface area contributed by atoms with Gasteiger partial charge in [0.1, 0.15) is 11.5 Å². The third-order valence-electron chi connectivity index (χ3n) is 4.62. The van der Waals surface area contributed by atoms with Gasteiger partial charge in [-0.1, -0.05) is 37.3 Å². The molecular weight excluding hydrogens is 390 g/mol. The molecular formula is C25H27N3O3. The molecule has 0 spiro atoms. The second-order valence-corrected chi connectivity index (χ2v) is 7.06. The van der Waals surface area contributed by atoms with Gasteiger partial charge in [-0.2, -0.15) is 0 Å². The molecule has 0 saturated heterocycles. The largest absolute Gasteiger partial charge is 0.457 e. The maximum Gasteiger partial charge on any atom is 0.326 e. The van der Waals surface area contributed by atoms with Gasteiger partial charge in [0.25, 0.3) is 0 Å². The van der Waals surface area contributed by atoms with E-state index < -0.39 is 0 Å². The van der Waals surface area contributed by atoms with Crippen molar-refractivity contribution in [3.05, 3.63) is 84.4 Å². The van der Waals surface area contributed by atoms with Crippen LogP contribution in [0, 0.1) is 6.92 Å². The van der Waals surface area contributed by atoms with Crippen molar-refractivity contribution >= 4 is 23.3 Å². The van der Waals surface area contributed by atoms with Crippen LogP contribution in [-0.4, -0.2) is 25.0 Å². The van der Waals surface area contributed by atoms with Crippen LogP contribution >= 0.6 is 0 Å². The lowest BCUT2D eigenvalue weighted by atomic mass is 10.2. The van der Waals surface area contributed by atoms with Gasteiger partial charge in [-0.25, -0.2) is 4.79 Å². The summed E-state index contributed by atoms with van der Waals surface area (Å²) in [5.74, 6) is 1.37. The molecule has 0 unspecified atom stereocenters. The van der Waals surface area contributed by atoms with E-state index in [0.29, 0.717) is 30.9 Å². The summed E-state index contributed by atoms with van der Waals surface area (Å²) < 4.78 is 5.83. The number of amides is 3. The van der Waals surface area contributed by atoms with Gasteiger partial charge in [0.15, 0.2) is 0 Å². The van der Waals surface area contributed by atoms with Crippen molar-refractivity contribution in [1.82, 2.24) is 5.32 Å². The standard InChI is InChI=1S/C25H27N3O3/c1-3-24(29)26-16-17-28(25(30)27-20-9-7-8-19(2)18-20)21-12-14-23(15-13-21)31-22-10-5-4-6-11-22/h4-15,18H,3,16-17H2,1-2H3,(H,26,29)(H,27,30). The van der Waals surface area contributed by atoms with Gasteiger partial charge in [-0.05, 0) is 61.0 Å². The fourth-order valence-corrected chi connectivity index (χ4v) is 3.01. The maximum absolute atomic E-state index is 13.0. The highest BCUT2D eigenvalue weighted by molar-refractivity contribution is 6.01. The van der Waals surface area contributed by atoms with Crippen LogP contribution in [0.4, 0.5) is 16.2 Å². The number of urea groups is 1. The van der Waals surface area contributed by atoms with Crippen LogP contribution in [0.25, 0.3) is 0 Å². The van der Waals surface area contributed by atoms with Gasteiger partial charge in [0, 0.05) is 30.9 Å². The number of carbonyl (C=O) groups is 2. The van der Waals surface area contributed by atoms with E-state index in [1.807, 2.05) is 85.8 Å². The number of hydrogen-bond acceptors (Lipinski definition) is 3. The zero-order valence-electron chi connectivity index (χ0n) is 17.8. The Labute approximate surface area is 182 Å². The van der Waals surface area contributed by atoms with Crippen LogP contribution in [0.2, 0.25) is 0 Å². The zero-order chi connectivity index (χ0) is 22.1. The lowest BCUT2D eigenvalue weighted by molar-refractivity contribution is -0.120. The number of aryl methyl sites for hydroxylation is 1. The summed E-state index contributed by atoms with van der Waals surface area (Å²) in [4.78, 5) is 26.2. The monoisotopic (exact) mass is 417 g/mol. The predicted molar refractivity (Wildman–Crippen MR) is 124 cm³/mol. The van der Waals surface area contributed by atoms with E-state index in [9.17, 15) is 9.59 Å². The number of nitrogens with zero attached hydrogens (tertiary/aromatic N) is 1. The Hall–Kier alpha value is -3.80. The van der Waals surface area contributed by atoms with Crippen molar-refractivity contribution in [2.24, 2.45) is 0 Å². The fourth-order valence-electron chi connectivity index (χ4n) is 3.01. The molecule has 0 radical (unpaired) electrons. The Balaban J connectivity index is 1.74. The second-order valence-electron chi connectivity index (χ2n) is 7.06. The van der Waals surface area contributed by atoms with Crippen molar-refractivity contribution in [3.63, 3.8) is 0 Å². The molecule has 0 aliphatic carbocycles. The molecule has 0 atom stereocenters. The van der Waals surface area contributed by atoms with Crippen molar-refractivity contribution in [2.75, 3.05) is 23.3 Å². The SMILES string of the molecule is CCC(=O)NCCN(C(=O)Nc1cccc(C)c1)c1ccc(Oc2ccccc2)cc1. The molecule has 6 heteroatoms. The summed E-state index contributed by atoms with van der Waals surface area (Å²) >= 11 is 0. The van der Waals surface area contributed by atoms with Gasteiger partial charge in [0.2, 0.25) is 5.91 Å². The van der Waals surface area contributed by atoms with Crippen LogP contribution < -0.4 is 20.3 Å². The molecule has 3 amide bonds. The minimum Gasteiger partial charge on any atom is -0.457 e. The quantitative estimate of drug-likeness (QED) is 0.519. The number of ether oxygens (including phenoxy) is 1. The Morgan fingerprint density at radius 2 is 1.61 bits per heavy atom. The lowest BCUT2D eigenvalue weighted by Gasteiger charge is -2.24. The molecule has 0 bridgehead atoms. The van der Waals surface area contributed by atoms with Crippen LogP contribution in [0.5, 0.6) is 11.5 Å². The third-order valence-corrected chi connectivity index (χ3v) is 4.62. The van der Waals surface area contributed by atoms with E-state index in [1.165, 1.54) is 0 Å². The van der Waals surface area contributed by atoms with E-state index in [4.69, 9.17) is 4.74 Å². The van der Waals surface area contributed by atoms with E-state index in [0.717, 1.165) is 17.0 Å². The second kappa shape index (κ2) is 10.8. The molecule has 3 rings (SSSR count). The first-order valence-corrected chi connectivity index (χ1v) is 10.3. The average Bonchev–Trinajstić information content (AvgIpc) is 2.78. The molecule has 3 aromatic carbocycles. The number of nitrogens with one attached hydrogen (secondary N) is 2. The number of benzene rings is 3. The number of para-hydroxylation sites is 1. The zero-order valence-corrected chi connectivity index (χ0v) is 17.8. The van der Waals surface area contributed by atoms with Crippen LogP contribution in [0.1, 0.15) is 18.9 Å². The average molecular weight is 418 g/mol. The summed E-state index contributed by atoms with van der Waals surface area (Å²) in [6, 6.07) is 24.2. The molecule has 0 heterocycles. The number of hydrogen-bond donors (Lipinski definition) is 2. The van der Waals surface area contributed by atoms with E-state index in [1.54, 1.807) is 11.8 Å². The maximum atomic E-state index is 13.0. The minimum atomic E-state index is -0.270. The van der Waals surface area contributed by atoms with Crippen molar-refractivity contribution in [2.45, 2.75) is 20.3 Å². The topological polar surface area (TPSA) is 70.7 Å². The molecule has 0 aromatic heterocycles. The predicted octanol–water partition coefficient (Wildman–Crippen LogP) is 5.35. The first-order valence-electron chi connectivity index (χ1n) is 10.3. The summed E-state index contributed by atoms with van der Waals surface area (Å²) in [5, 5.41) is 5.75. The Bertz CT molecular complexity index is 1000. The Morgan fingerprint density at radius 3 is 2.29 bits per heavy atom. The third kappa shape index (κ3) is 6.60. The number of rotatable bonds is 8. The number of anilines is 2. The molecule has 0 aliphatic heterocycles. The first kappa shape index (κ1) is 21.9. The molecule has 0 aliphatic rings. The normalized spacial score (nSPS) is 10.3. The van der Waals surface area contributed by atoms with Crippen molar-refractivity contribution in [1.29, 1.82) is 0 Å². The number of carbonyl (C=O) groups excluding carboxylic acids is 2. The van der Waals surface area contributed by atoms with E-state index in [-0.39, 0.29) is 11.9 Å².